The monoisotopic (exact) mass is 261 g/mol. The van der Waals surface area contributed by atoms with E-state index in [1.165, 1.54) is 11.1 Å². The molecule has 0 saturated carbocycles. The highest BCUT2D eigenvalue weighted by molar-refractivity contribution is 7.09. The summed E-state index contributed by atoms with van der Waals surface area (Å²) in [6.45, 7) is 2.10. The van der Waals surface area contributed by atoms with Crippen LogP contribution in [0.1, 0.15) is 21.8 Å². The number of thiazole rings is 1. The van der Waals surface area contributed by atoms with Gasteiger partial charge in [0.05, 0.1) is 17.1 Å². The molecule has 4 heteroatoms. The maximum absolute atomic E-state index is 10.6. The second-order valence-corrected chi connectivity index (χ2v) is 5.17. The van der Waals surface area contributed by atoms with Gasteiger partial charge >= 0.3 is 5.97 Å². The van der Waals surface area contributed by atoms with Gasteiger partial charge in [0.15, 0.2) is 0 Å². The molecule has 0 saturated heterocycles. The number of aryl methyl sites for hydroxylation is 3. The number of aromatic nitrogens is 1. The van der Waals surface area contributed by atoms with Crippen molar-refractivity contribution in [1.82, 2.24) is 4.98 Å². The van der Waals surface area contributed by atoms with Gasteiger partial charge in [0.1, 0.15) is 0 Å². The zero-order valence-corrected chi connectivity index (χ0v) is 11.0. The first-order chi connectivity index (χ1) is 8.65. The van der Waals surface area contributed by atoms with Gasteiger partial charge in [-0.15, -0.1) is 11.3 Å². The highest BCUT2D eigenvalue weighted by Gasteiger charge is 2.06. The van der Waals surface area contributed by atoms with Crippen molar-refractivity contribution in [3.8, 4) is 0 Å². The lowest BCUT2D eigenvalue weighted by Gasteiger charge is -2.03. The molecule has 94 valence electrons. The number of carboxylic acid groups (broad SMARTS) is 1. The molecule has 2 rings (SSSR count). The Kier molecular flexibility index (Phi) is 4.10. The first-order valence-corrected chi connectivity index (χ1v) is 6.72. The molecular formula is C14H15NO2S. The Balaban J connectivity index is 1.96. The molecule has 1 aromatic heterocycles. The van der Waals surface area contributed by atoms with Gasteiger partial charge in [0.2, 0.25) is 0 Å². The first-order valence-electron chi connectivity index (χ1n) is 5.85. The first kappa shape index (κ1) is 12.8. The van der Waals surface area contributed by atoms with Crippen molar-refractivity contribution in [1.29, 1.82) is 0 Å². The lowest BCUT2D eigenvalue weighted by Crippen LogP contribution is -2.00. The van der Waals surface area contributed by atoms with Crippen LogP contribution in [0, 0.1) is 6.92 Å². The summed E-state index contributed by atoms with van der Waals surface area (Å²) in [6, 6.07) is 8.31. The Morgan fingerprint density at radius 2 is 2.11 bits per heavy atom. The third-order valence-corrected chi connectivity index (χ3v) is 3.76. The van der Waals surface area contributed by atoms with Crippen LogP contribution in [0.3, 0.4) is 0 Å². The van der Waals surface area contributed by atoms with Gasteiger partial charge in [-0.2, -0.15) is 0 Å². The normalized spacial score (nSPS) is 10.5. The fourth-order valence-electron chi connectivity index (χ4n) is 1.83. The second kappa shape index (κ2) is 5.78. The molecule has 18 heavy (non-hydrogen) atoms. The van der Waals surface area contributed by atoms with Gasteiger partial charge in [-0.3, -0.25) is 4.79 Å². The summed E-state index contributed by atoms with van der Waals surface area (Å²) in [7, 11) is 0. The molecule has 0 radical (unpaired) electrons. The van der Waals surface area contributed by atoms with E-state index in [9.17, 15) is 4.79 Å². The maximum atomic E-state index is 10.6. The number of hydrogen-bond donors (Lipinski definition) is 1. The molecule has 0 aliphatic carbocycles. The van der Waals surface area contributed by atoms with Crippen LogP contribution >= 0.6 is 11.3 Å². The third kappa shape index (κ3) is 3.40. The second-order valence-electron chi connectivity index (χ2n) is 4.23. The minimum absolute atomic E-state index is 0.0147. The van der Waals surface area contributed by atoms with E-state index in [1.807, 2.05) is 17.5 Å². The summed E-state index contributed by atoms with van der Waals surface area (Å²) >= 11 is 1.54. The Morgan fingerprint density at radius 1 is 1.33 bits per heavy atom. The molecular weight excluding hydrogens is 246 g/mol. The van der Waals surface area contributed by atoms with Crippen molar-refractivity contribution < 1.29 is 9.90 Å². The molecule has 0 fully saturated rings. The van der Waals surface area contributed by atoms with E-state index in [2.05, 4.69) is 24.0 Å². The van der Waals surface area contributed by atoms with Gasteiger partial charge in [-0.05, 0) is 24.5 Å². The summed E-state index contributed by atoms with van der Waals surface area (Å²) in [5, 5.41) is 11.5. The number of hydrogen-bond acceptors (Lipinski definition) is 3. The Bertz CT molecular complexity index is 548. The minimum atomic E-state index is -0.828. The third-order valence-electron chi connectivity index (χ3n) is 2.80. The summed E-state index contributed by atoms with van der Waals surface area (Å²) in [4.78, 5) is 14.9. The van der Waals surface area contributed by atoms with Gasteiger partial charge in [-0.25, -0.2) is 4.98 Å². The Labute approximate surface area is 110 Å². The van der Waals surface area contributed by atoms with Crippen LogP contribution in [-0.4, -0.2) is 16.1 Å². The number of rotatable bonds is 5. The lowest BCUT2D eigenvalue weighted by atomic mass is 10.0. The topological polar surface area (TPSA) is 50.2 Å². The Hall–Kier alpha value is -1.68. The fourth-order valence-corrected chi connectivity index (χ4v) is 2.63. The summed E-state index contributed by atoms with van der Waals surface area (Å²) in [6.07, 6.45) is 1.84. The molecule has 0 unspecified atom stereocenters. The van der Waals surface area contributed by atoms with Crippen LogP contribution in [0.5, 0.6) is 0 Å². The molecule has 0 amide bonds. The smallest absolute Gasteiger partial charge is 0.309 e. The minimum Gasteiger partial charge on any atom is -0.481 e. The SMILES string of the molecule is Cc1ccccc1CCc1nc(CC(=O)O)cs1. The predicted molar refractivity (Wildman–Crippen MR) is 72.0 cm³/mol. The summed E-state index contributed by atoms with van der Waals surface area (Å²) < 4.78 is 0. The largest absolute Gasteiger partial charge is 0.481 e. The fraction of sp³-hybridized carbons (Fsp3) is 0.286. The van der Waals surface area contributed by atoms with E-state index in [0.29, 0.717) is 5.69 Å². The van der Waals surface area contributed by atoms with E-state index >= 15 is 0 Å². The van der Waals surface area contributed by atoms with Crippen molar-refractivity contribution in [2.24, 2.45) is 0 Å². The van der Waals surface area contributed by atoms with Crippen LogP contribution in [0.25, 0.3) is 0 Å². The number of carboxylic acids is 1. The van der Waals surface area contributed by atoms with Crippen LogP contribution in [-0.2, 0) is 24.1 Å². The molecule has 0 spiro atoms. The molecule has 1 aromatic carbocycles. The number of nitrogens with zero attached hydrogens (tertiary/aromatic N) is 1. The quantitative estimate of drug-likeness (QED) is 0.900. The molecule has 0 atom stereocenters. The van der Waals surface area contributed by atoms with Crippen LogP contribution < -0.4 is 0 Å². The van der Waals surface area contributed by atoms with Gasteiger partial charge < -0.3 is 5.11 Å². The highest BCUT2D eigenvalue weighted by atomic mass is 32.1. The zero-order chi connectivity index (χ0) is 13.0. The molecule has 3 nitrogen and oxygen atoms in total. The van der Waals surface area contributed by atoms with Crippen molar-refractivity contribution in [3.05, 3.63) is 51.5 Å². The number of aliphatic carboxylic acids is 1. The van der Waals surface area contributed by atoms with E-state index in [1.54, 1.807) is 11.3 Å². The van der Waals surface area contributed by atoms with E-state index in [4.69, 9.17) is 5.11 Å². The van der Waals surface area contributed by atoms with Gasteiger partial charge in [0, 0.05) is 11.8 Å². The summed E-state index contributed by atoms with van der Waals surface area (Å²) in [5.41, 5.74) is 3.28. The molecule has 1 N–H and O–H groups in total. The Morgan fingerprint density at radius 3 is 2.83 bits per heavy atom. The predicted octanol–water partition coefficient (Wildman–Crippen LogP) is 2.86. The zero-order valence-electron chi connectivity index (χ0n) is 10.2. The van der Waals surface area contributed by atoms with E-state index in [-0.39, 0.29) is 6.42 Å². The standard InChI is InChI=1S/C14H15NO2S/c1-10-4-2-3-5-11(10)6-7-13-15-12(9-18-13)8-14(16)17/h2-5,9H,6-8H2,1H3,(H,16,17). The van der Waals surface area contributed by atoms with Crippen LogP contribution in [0.2, 0.25) is 0 Å². The molecule has 1 heterocycles. The van der Waals surface area contributed by atoms with Crippen molar-refractivity contribution in [3.63, 3.8) is 0 Å². The maximum Gasteiger partial charge on any atom is 0.309 e. The van der Waals surface area contributed by atoms with E-state index < -0.39 is 5.97 Å². The summed E-state index contributed by atoms with van der Waals surface area (Å²) in [5.74, 6) is -0.828. The van der Waals surface area contributed by atoms with E-state index in [0.717, 1.165) is 17.8 Å². The number of benzene rings is 1. The average Bonchev–Trinajstić information content (AvgIpc) is 2.75. The van der Waals surface area contributed by atoms with Crippen LogP contribution in [0.4, 0.5) is 0 Å². The highest BCUT2D eigenvalue weighted by Crippen LogP contribution is 2.15. The van der Waals surface area contributed by atoms with Crippen molar-refractivity contribution >= 4 is 17.3 Å². The van der Waals surface area contributed by atoms with Crippen molar-refractivity contribution in [2.75, 3.05) is 0 Å². The number of carbonyl (C=O) groups is 1. The molecule has 0 aliphatic heterocycles. The van der Waals surface area contributed by atoms with Gasteiger partial charge in [0.25, 0.3) is 0 Å². The van der Waals surface area contributed by atoms with Crippen molar-refractivity contribution in [2.45, 2.75) is 26.2 Å². The molecule has 0 aliphatic rings. The molecule has 2 aromatic rings. The molecule has 0 bridgehead atoms. The van der Waals surface area contributed by atoms with Crippen LogP contribution in [0.15, 0.2) is 29.6 Å². The average molecular weight is 261 g/mol. The lowest BCUT2D eigenvalue weighted by molar-refractivity contribution is -0.136. The van der Waals surface area contributed by atoms with Gasteiger partial charge in [-0.1, -0.05) is 24.3 Å².